The van der Waals surface area contributed by atoms with E-state index in [4.69, 9.17) is 4.98 Å². The number of nitrogens with one attached hydrogen (secondary N) is 1. The van der Waals surface area contributed by atoms with Crippen molar-refractivity contribution in [3.8, 4) is 0 Å². The fourth-order valence-corrected chi connectivity index (χ4v) is 2.18. The standard InChI is InChI=1S/C14H20N4/c1-3-17(2)14-12(10-15-11-7-8-11)18-9-5-4-6-13(18)16-14/h4-6,9,11,15H,3,7-8,10H2,1-2H3. The van der Waals surface area contributed by atoms with Gasteiger partial charge in [0.15, 0.2) is 5.82 Å². The van der Waals surface area contributed by atoms with Crippen LogP contribution in [0, 0.1) is 0 Å². The van der Waals surface area contributed by atoms with Gasteiger partial charge in [0.2, 0.25) is 0 Å². The average molecular weight is 244 g/mol. The molecule has 2 aromatic heterocycles. The minimum atomic E-state index is 0.721. The molecule has 1 aliphatic rings. The van der Waals surface area contributed by atoms with Crippen LogP contribution in [-0.2, 0) is 6.54 Å². The highest BCUT2D eigenvalue weighted by Crippen LogP contribution is 2.23. The summed E-state index contributed by atoms with van der Waals surface area (Å²) < 4.78 is 2.19. The maximum absolute atomic E-state index is 4.73. The Hall–Kier alpha value is -1.55. The number of hydrogen-bond acceptors (Lipinski definition) is 3. The summed E-state index contributed by atoms with van der Waals surface area (Å²) in [6, 6.07) is 6.88. The van der Waals surface area contributed by atoms with E-state index in [9.17, 15) is 0 Å². The molecule has 18 heavy (non-hydrogen) atoms. The third-order valence-electron chi connectivity index (χ3n) is 3.58. The smallest absolute Gasteiger partial charge is 0.152 e. The average Bonchev–Trinajstić information content (AvgIpc) is 3.16. The summed E-state index contributed by atoms with van der Waals surface area (Å²) in [7, 11) is 2.10. The van der Waals surface area contributed by atoms with Gasteiger partial charge in [0, 0.05) is 32.4 Å². The fraction of sp³-hybridized carbons (Fsp3) is 0.500. The number of imidazole rings is 1. The molecule has 1 N–H and O–H groups in total. The van der Waals surface area contributed by atoms with Gasteiger partial charge in [0.1, 0.15) is 5.65 Å². The second kappa shape index (κ2) is 4.61. The molecule has 1 fully saturated rings. The van der Waals surface area contributed by atoms with Gasteiger partial charge in [0.25, 0.3) is 0 Å². The Morgan fingerprint density at radius 2 is 2.28 bits per heavy atom. The van der Waals surface area contributed by atoms with E-state index in [1.807, 2.05) is 6.07 Å². The molecule has 2 heterocycles. The summed E-state index contributed by atoms with van der Waals surface area (Å²) in [5, 5.41) is 3.58. The quantitative estimate of drug-likeness (QED) is 0.873. The van der Waals surface area contributed by atoms with Gasteiger partial charge < -0.3 is 14.6 Å². The molecule has 1 saturated carbocycles. The Labute approximate surface area is 108 Å². The third-order valence-corrected chi connectivity index (χ3v) is 3.58. The van der Waals surface area contributed by atoms with Crippen LogP contribution >= 0.6 is 0 Å². The van der Waals surface area contributed by atoms with Crippen molar-refractivity contribution in [2.75, 3.05) is 18.5 Å². The van der Waals surface area contributed by atoms with Crippen molar-refractivity contribution in [3.63, 3.8) is 0 Å². The Bertz CT molecular complexity index is 542. The summed E-state index contributed by atoms with van der Waals surface area (Å²) in [4.78, 5) is 6.94. The molecule has 0 amide bonds. The number of nitrogens with zero attached hydrogens (tertiary/aromatic N) is 3. The lowest BCUT2D eigenvalue weighted by atomic mass is 10.3. The topological polar surface area (TPSA) is 32.6 Å². The summed E-state index contributed by atoms with van der Waals surface area (Å²) in [6.07, 6.45) is 4.73. The van der Waals surface area contributed by atoms with Gasteiger partial charge in [-0.2, -0.15) is 0 Å². The van der Waals surface area contributed by atoms with Crippen LogP contribution in [-0.4, -0.2) is 29.0 Å². The van der Waals surface area contributed by atoms with Crippen molar-refractivity contribution in [2.24, 2.45) is 0 Å². The first-order chi connectivity index (χ1) is 8.79. The van der Waals surface area contributed by atoms with Gasteiger partial charge in [0.05, 0.1) is 5.69 Å². The molecule has 2 aromatic rings. The number of hydrogen-bond donors (Lipinski definition) is 1. The maximum Gasteiger partial charge on any atom is 0.152 e. The van der Waals surface area contributed by atoms with Crippen LogP contribution in [0.1, 0.15) is 25.5 Å². The SMILES string of the molecule is CCN(C)c1nc2ccccn2c1CNC1CC1. The molecule has 0 radical (unpaired) electrons. The van der Waals surface area contributed by atoms with Gasteiger partial charge in [-0.05, 0) is 31.9 Å². The lowest BCUT2D eigenvalue weighted by Gasteiger charge is -2.16. The van der Waals surface area contributed by atoms with Crippen molar-refractivity contribution in [1.82, 2.24) is 14.7 Å². The summed E-state index contributed by atoms with van der Waals surface area (Å²) in [6.45, 7) is 4.03. The van der Waals surface area contributed by atoms with E-state index in [0.29, 0.717) is 0 Å². The zero-order chi connectivity index (χ0) is 12.5. The minimum Gasteiger partial charge on any atom is -0.358 e. The molecule has 0 spiro atoms. The van der Waals surface area contributed by atoms with E-state index < -0.39 is 0 Å². The second-order valence-electron chi connectivity index (χ2n) is 4.98. The van der Waals surface area contributed by atoms with E-state index in [1.165, 1.54) is 18.5 Å². The van der Waals surface area contributed by atoms with Crippen LogP contribution in [0.5, 0.6) is 0 Å². The van der Waals surface area contributed by atoms with Gasteiger partial charge in [-0.1, -0.05) is 6.07 Å². The molecule has 3 rings (SSSR count). The molecular weight excluding hydrogens is 224 g/mol. The van der Waals surface area contributed by atoms with Gasteiger partial charge >= 0.3 is 0 Å². The Morgan fingerprint density at radius 3 is 3.00 bits per heavy atom. The van der Waals surface area contributed by atoms with E-state index in [2.05, 4.69) is 46.9 Å². The molecule has 1 aliphatic carbocycles. The van der Waals surface area contributed by atoms with Crippen molar-refractivity contribution < 1.29 is 0 Å². The highest BCUT2D eigenvalue weighted by Gasteiger charge is 2.22. The molecule has 0 aliphatic heterocycles. The lowest BCUT2D eigenvalue weighted by molar-refractivity contribution is 0.668. The molecule has 0 saturated heterocycles. The summed E-state index contributed by atoms with van der Waals surface area (Å²) in [5.41, 5.74) is 2.29. The highest BCUT2D eigenvalue weighted by molar-refractivity contribution is 5.55. The van der Waals surface area contributed by atoms with Crippen LogP contribution in [0.25, 0.3) is 5.65 Å². The number of pyridine rings is 1. The molecule has 4 heteroatoms. The van der Waals surface area contributed by atoms with Gasteiger partial charge in [-0.15, -0.1) is 0 Å². The van der Waals surface area contributed by atoms with Crippen molar-refractivity contribution in [1.29, 1.82) is 0 Å². The molecule has 0 bridgehead atoms. The van der Waals surface area contributed by atoms with E-state index in [-0.39, 0.29) is 0 Å². The number of anilines is 1. The van der Waals surface area contributed by atoms with Gasteiger partial charge in [-0.25, -0.2) is 4.98 Å². The zero-order valence-electron chi connectivity index (χ0n) is 11.1. The van der Waals surface area contributed by atoms with E-state index in [1.54, 1.807) is 0 Å². The number of fused-ring (bicyclic) bond motifs is 1. The molecule has 0 atom stereocenters. The van der Waals surface area contributed by atoms with Crippen LogP contribution < -0.4 is 10.2 Å². The second-order valence-corrected chi connectivity index (χ2v) is 4.98. The lowest BCUT2D eigenvalue weighted by Crippen LogP contribution is -2.22. The summed E-state index contributed by atoms with van der Waals surface area (Å²) >= 11 is 0. The fourth-order valence-electron chi connectivity index (χ4n) is 2.18. The zero-order valence-corrected chi connectivity index (χ0v) is 11.1. The monoisotopic (exact) mass is 244 g/mol. The van der Waals surface area contributed by atoms with E-state index in [0.717, 1.165) is 30.6 Å². The normalized spacial score (nSPS) is 15.2. The van der Waals surface area contributed by atoms with Gasteiger partial charge in [-0.3, -0.25) is 0 Å². The summed E-state index contributed by atoms with van der Waals surface area (Å²) in [5.74, 6) is 1.09. The largest absolute Gasteiger partial charge is 0.358 e. The molecular formula is C14H20N4. The molecule has 96 valence electrons. The van der Waals surface area contributed by atoms with Crippen LogP contribution in [0.3, 0.4) is 0 Å². The van der Waals surface area contributed by atoms with Crippen molar-refractivity contribution in [2.45, 2.75) is 32.4 Å². The minimum absolute atomic E-state index is 0.721. The van der Waals surface area contributed by atoms with E-state index >= 15 is 0 Å². The first-order valence-corrected chi connectivity index (χ1v) is 6.70. The Balaban J connectivity index is 1.99. The molecule has 0 aromatic carbocycles. The maximum atomic E-state index is 4.73. The Kier molecular flexibility index (Phi) is 2.96. The third kappa shape index (κ3) is 2.08. The first kappa shape index (κ1) is 11.5. The van der Waals surface area contributed by atoms with Crippen LogP contribution in [0.4, 0.5) is 5.82 Å². The van der Waals surface area contributed by atoms with Crippen molar-refractivity contribution >= 4 is 11.5 Å². The Morgan fingerprint density at radius 1 is 1.44 bits per heavy atom. The predicted molar refractivity (Wildman–Crippen MR) is 74.0 cm³/mol. The number of rotatable bonds is 5. The number of aromatic nitrogens is 2. The molecule has 4 nitrogen and oxygen atoms in total. The van der Waals surface area contributed by atoms with Crippen molar-refractivity contribution in [3.05, 3.63) is 30.1 Å². The predicted octanol–water partition coefficient (Wildman–Crippen LogP) is 2.04. The van der Waals surface area contributed by atoms with Crippen LogP contribution in [0.2, 0.25) is 0 Å². The highest BCUT2D eigenvalue weighted by atomic mass is 15.2. The first-order valence-electron chi connectivity index (χ1n) is 6.70. The van der Waals surface area contributed by atoms with Crippen LogP contribution in [0.15, 0.2) is 24.4 Å². The molecule has 0 unspecified atom stereocenters.